The molecule has 1 unspecified atom stereocenters. The van der Waals surface area contributed by atoms with Gasteiger partial charge in [-0.15, -0.1) is 0 Å². The van der Waals surface area contributed by atoms with Crippen molar-refractivity contribution in [2.75, 3.05) is 25.2 Å². The van der Waals surface area contributed by atoms with Crippen molar-refractivity contribution in [3.63, 3.8) is 0 Å². The molecule has 2 aromatic rings. The number of hydrogen-bond acceptors (Lipinski definition) is 5. The molecule has 2 aliphatic rings. The summed E-state index contributed by atoms with van der Waals surface area (Å²) in [4.78, 5) is 22.5. The number of amides is 1. The molecular formula is C18H19FN4O2. The third kappa shape index (κ3) is 3.46. The zero-order valence-corrected chi connectivity index (χ0v) is 13.7. The summed E-state index contributed by atoms with van der Waals surface area (Å²) in [6.45, 7) is 1.70. The van der Waals surface area contributed by atoms with Crippen molar-refractivity contribution in [3.8, 4) is 0 Å². The highest BCUT2D eigenvalue weighted by atomic mass is 19.1. The van der Waals surface area contributed by atoms with Crippen LogP contribution in [0, 0.1) is 5.82 Å². The second kappa shape index (κ2) is 6.76. The topological polar surface area (TPSA) is 67.4 Å². The van der Waals surface area contributed by atoms with Crippen LogP contribution in [0.5, 0.6) is 0 Å². The van der Waals surface area contributed by atoms with Crippen LogP contribution in [0.3, 0.4) is 0 Å². The number of benzene rings is 1. The van der Waals surface area contributed by atoms with Crippen LogP contribution in [-0.4, -0.2) is 46.7 Å². The van der Waals surface area contributed by atoms with E-state index < -0.39 is 0 Å². The number of nitrogens with one attached hydrogen (secondary N) is 1. The average molecular weight is 342 g/mol. The highest BCUT2D eigenvalue weighted by molar-refractivity contribution is 5.93. The Labute approximate surface area is 145 Å². The second-order valence-electron chi connectivity index (χ2n) is 6.42. The van der Waals surface area contributed by atoms with Crippen molar-refractivity contribution in [1.29, 1.82) is 0 Å². The summed E-state index contributed by atoms with van der Waals surface area (Å²) in [5, 5.41) is 3.26. The van der Waals surface area contributed by atoms with Gasteiger partial charge in [0.05, 0.1) is 12.2 Å². The maximum absolute atomic E-state index is 13.3. The predicted molar refractivity (Wildman–Crippen MR) is 89.7 cm³/mol. The lowest BCUT2D eigenvalue weighted by molar-refractivity contribution is -0.00575. The van der Waals surface area contributed by atoms with Crippen molar-refractivity contribution >= 4 is 11.9 Å². The van der Waals surface area contributed by atoms with Crippen LogP contribution in [-0.2, 0) is 17.6 Å². The van der Waals surface area contributed by atoms with Crippen LogP contribution in [0.1, 0.15) is 27.9 Å². The third-order valence-electron chi connectivity index (χ3n) is 4.58. The molecule has 130 valence electrons. The van der Waals surface area contributed by atoms with E-state index >= 15 is 0 Å². The molecule has 1 aliphatic carbocycles. The molecule has 1 saturated heterocycles. The van der Waals surface area contributed by atoms with Gasteiger partial charge in [-0.25, -0.2) is 14.4 Å². The number of carbonyl (C=O) groups is 1. The molecule has 25 heavy (non-hydrogen) atoms. The van der Waals surface area contributed by atoms with Gasteiger partial charge in [0.1, 0.15) is 12.5 Å². The molecular weight excluding hydrogens is 323 g/mol. The Morgan fingerprint density at radius 3 is 2.80 bits per heavy atom. The van der Waals surface area contributed by atoms with Gasteiger partial charge >= 0.3 is 0 Å². The first-order chi connectivity index (χ1) is 12.2. The molecule has 1 aromatic carbocycles. The molecule has 1 N–H and O–H groups in total. The smallest absolute Gasteiger partial charge is 0.258 e. The van der Waals surface area contributed by atoms with Crippen molar-refractivity contribution in [1.82, 2.24) is 14.9 Å². The van der Waals surface area contributed by atoms with Crippen molar-refractivity contribution in [2.24, 2.45) is 0 Å². The lowest BCUT2D eigenvalue weighted by Gasteiger charge is -2.26. The minimum Gasteiger partial charge on any atom is -0.361 e. The summed E-state index contributed by atoms with van der Waals surface area (Å²) in [7, 11) is 0. The number of carbonyl (C=O) groups excluding carboxylic acids is 1. The van der Waals surface area contributed by atoms with Crippen LogP contribution >= 0.6 is 0 Å². The minimum atomic E-state index is -0.208. The molecule has 1 aliphatic heterocycles. The molecule has 4 rings (SSSR count). The Balaban J connectivity index is 1.39. The molecule has 1 aromatic heterocycles. The fourth-order valence-corrected chi connectivity index (χ4v) is 3.32. The van der Waals surface area contributed by atoms with Crippen LogP contribution in [0.15, 0.2) is 30.6 Å². The first kappa shape index (κ1) is 16.0. The quantitative estimate of drug-likeness (QED) is 0.924. The highest BCUT2D eigenvalue weighted by Crippen LogP contribution is 2.24. The van der Waals surface area contributed by atoms with E-state index in [0.717, 1.165) is 30.4 Å². The van der Waals surface area contributed by atoms with Crippen molar-refractivity contribution in [3.05, 3.63) is 53.1 Å². The molecule has 1 amide bonds. The molecule has 6 nitrogen and oxygen atoms in total. The zero-order chi connectivity index (χ0) is 17.2. The number of halogens is 1. The summed E-state index contributed by atoms with van der Waals surface area (Å²) in [6, 6.07) is 5.03. The Bertz CT molecular complexity index is 775. The normalized spacial score (nSPS) is 19.6. The summed E-state index contributed by atoms with van der Waals surface area (Å²) >= 11 is 0. The van der Waals surface area contributed by atoms with Gasteiger partial charge in [0.25, 0.3) is 5.91 Å². The van der Waals surface area contributed by atoms with Crippen LogP contribution in [0.4, 0.5) is 10.3 Å². The number of nitrogens with zero attached hydrogens (tertiary/aromatic N) is 3. The highest BCUT2D eigenvalue weighted by Gasteiger charge is 2.23. The van der Waals surface area contributed by atoms with E-state index in [-0.39, 0.29) is 17.8 Å². The molecule has 1 fully saturated rings. The van der Waals surface area contributed by atoms with E-state index in [1.165, 1.54) is 18.5 Å². The van der Waals surface area contributed by atoms with Gasteiger partial charge in [-0.05, 0) is 42.5 Å². The Morgan fingerprint density at radius 1 is 1.24 bits per heavy atom. The summed E-state index contributed by atoms with van der Waals surface area (Å²) < 4.78 is 18.6. The van der Waals surface area contributed by atoms with Gasteiger partial charge in [-0.3, -0.25) is 4.79 Å². The van der Waals surface area contributed by atoms with E-state index in [9.17, 15) is 9.18 Å². The molecule has 2 heterocycles. The fraction of sp³-hybridized carbons (Fsp3) is 0.389. The van der Waals surface area contributed by atoms with E-state index in [4.69, 9.17) is 4.74 Å². The van der Waals surface area contributed by atoms with Crippen LogP contribution in [0.25, 0.3) is 0 Å². The van der Waals surface area contributed by atoms with E-state index in [1.54, 1.807) is 11.0 Å². The Kier molecular flexibility index (Phi) is 4.31. The lowest BCUT2D eigenvalue weighted by Crippen LogP contribution is -2.38. The third-order valence-corrected chi connectivity index (χ3v) is 4.58. The number of anilines is 1. The van der Waals surface area contributed by atoms with Gasteiger partial charge in [0.15, 0.2) is 0 Å². The molecule has 0 radical (unpaired) electrons. The van der Waals surface area contributed by atoms with Gasteiger partial charge < -0.3 is 15.0 Å². The lowest BCUT2D eigenvalue weighted by atomic mass is 10.1. The Morgan fingerprint density at radius 2 is 2.04 bits per heavy atom. The first-order valence-electron chi connectivity index (χ1n) is 8.42. The monoisotopic (exact) mass is 342 g/mol. The van der Waals surface area contributed by atoms with Crippen LogP contribution < -0.4 is 5.32 Å². The number of hydrogen-bond donors (Lipinski definition) is 1. The second-order valence-corrected chi connectivity index (χ2v) is 6.42. The number of fused-ring (bicyclic) bond motifs is 1. The maximum atomic E-state index is 13.3. The van der Waals surface area contributed by atoms with E-state index in [2.05, 4.69) is 15.3 Å². The zero-order valence-electron chi connectivity index (χ0n) is 13.7. The van der Waals surface area contributed by atoms with Crippen LogP contribution in [0.2, 0.25) is 0 Å². The Hall–Kier alpha value is -2.54. The van der Waals surface area contributed by atoms with E-state index in [0.29, 0.717) is 31.4 Å². The summed E-state index contributed by atoms with van der Waals surface area (Å²) in [5.74, 6) is 0.153. The number of rotatable bonds is 3. The molecule has 0 bridgehead atoms. The SMILES string of the molecule is O=C(c1cnc(NC2Cc3ccc(F)cc3C2)nc1)N1CCCOC1. The largest absolute Gasteiger partial charge is 0.361 e. The van der Waals surface area contributed by atoms with Gasteiger partial charge in [-0.1, -0.05) is 6.07 Å². The number of aromatic nitrogens is 2. The number of ether oxygens (including phenoxy) is 1. The van der Waals surface area contributed by atoms with Crippen molar-refractivity contribution < 1.29 is 13.9 Å². The predicted octanol–water partition coefficient (Wildman–Crippen LogP) is 2.01. The van der Waals surface area contributed by atoms with Gasteiger partial charge in [0, 0.05) is 25.0 Å². The molecule has 1 atom stereocenters. The first-order valence-corrected chi connectivity index (χ1v) is 8.42. The van der Waals surface area contributed by atoms with E-state index in [1.807, 2.05) is 6.07 Å². The summed E-state index contributed by atoms with van der Waals surface area (Å²) in [5.41, 5.74) is 2.62. The molecule has 0 saturated carbocycles. The fourth-order valence-electron chi connectivity index (χ4n) is 3.32. The minimum absolute atomic E-state index is 0.116. The van der Waals surface area contributed by atoms with Crippen molar-refractivity contribution in [2.45, 2.75) is 25.3 Å². The van der Waals surface area contributed by atoms with Gasteiger partial charge in [-0.2, -0.15) is 0 Å². The maximum Gasteiger partial charge on any atom is 0.258 e. The standard InChI is InChI=1S/C18H19FN4O2/c19-15-3-2-12-7-16(8-13(12)6-15)22-18-20-9-14(10-21-18)17(24)23-4-1-5-25-11-23/h2-3,6,9-10,16H,1,4-5,7-8,11H2,(H,20,21,22). The molecule has 0 spiro atoms. The molecule has 7 heteroatoms. The summed E-state index contributed by atoms with van der Waals surface area (Å²) in [6.07, 6.45) is 5.46. The van der Waals surface area contributed by atoms with Gasteiger partial charge in [0.2, 0.25) is 5.95 Å². The average Bonchev–Trinajstić information content (AvgIpc) is 3.04.